The monoisotopic (exact) mass is 449 g/mol. The van der Waals surface area contributed by atoms with Crippen LogP contribution in [0.15, 0.2) is 76.1 Å². The lowest BCUT2D eigenvalue weighted by atomic mass is 10.0. The highest BCUT2D eigenvalue weighted by Crippen LogP contribution is 2.29. The average Bonchev–Trinajstić information content (AvgIpc) is 2.81. The second-order valence-electron chi connectivity index (χ2n) is 7.09. The summed E-state index contributed by atoms with van der Waals surface area (Å²) in [5.74, 6) is 0.659. The minimum atomic E-state index is -0.330. The normalized spacial score (nSPS) is 10.7. The van der Waals surface area contributed by atoms with Gasteiger partial charge in [-0.3, -0.25) is 9.59 Å². The van der Waals surface area contributed by atoms with Gasteiger partial charge < -0.3 is 19.2 Å². The first-order valence-corrected chi connectivity index (χ1v) is 10.2. The van der Waals surface area contributed by atoms with Crippen molar-refractivity contribution in [2.45, 2.75) is 6.92 Å². The number of para-hydroxylation sites is 1. The van der Waals surface area contributed by atoms with E-state index in [2.05, 4.69) is 5.32 Å². The first-order chi connectivity index (χ1) is 15.5. The summed E-state index contributed by atoms with van der Waals surface area (Å²) in [6, 6.07) is 17.4. The number of ether oxygens (including phenoxy) is 2. The molecular formula is C25H20ClNO5. The van der Waals surface area contributed by atoms with Gasteiger partial charge in [0.15, 0.2) is 6.61 Å². The smallest absolute Gasteiger partial charge is 0.262 e. The summed E-state index contributed by atoms with van der Waals surface area (Å²) in [6.45, 7) is 1.62. The largest absolute Gasteiger partial charge is 0.496 e. The van der Waals surface area contributed by atoms with E-state index in [1.165, 1.54) is 6.26 Å². The van der Waals surface area contributed by atoms with E-state index in [1.807, 2.05) is 19.1 Å². The minimum Gasteiger partial charge on any atom is -0.496 e. The maximum atomic E-state index is 13.0. The second kappa shape index (κ2) is 9.16. The van der Waals surface area contributed by atoms with Gasteiger partial charge in [0, 0.05) is 22.3 Å². The fraction of sp³-hybridized carbons (Fsp3) is 0.120. The van der Waals surface area contributed by atoms with Crippen LogP contribution in [0.4, 0.5) is 5.69 Å². The molecule has 6 nitrogen and oxygen atoms in total. The van der Waals surface area contributed by atoms with E-state index in [-0.39, 0.29) is 17.9 Å². The first-order valence-electron chi connectivity index (χ1n) is 9.84. The maximum absolute atomic E-state index is 13.0. The van der Waals surface area contributed by atoms with Gasteiger partial charge >= 0.3 is 0 Å². The Kier molecular flexibility index (Phi) is 6.14. The van der Waals surface area contributed by atoms with E-state index in [0.29, 0.717) is 44.3 Å². The number of amides is 1. The third-order valence-corrected chi connectivity index (χ3v) is 5.46. The summed E-state index contributed by atoms with van der Waals surface area (Å²) in [4.78, 5) is 25.3. The molecule has 0 saturated heterocycles. The highest BCUT2D eigenvalue weighted by Gasteiger charge is 2.14. The fourth-order valence-electron chi connectivity index (χ4n) is 3.33. The van der Waals surface area contributed by atoms with Crippen LogP contribution in [-0.4, -0.2) is 19.6 Å². The summed E-state index contributed by atoms with van der Waals surface area (Å²) in [7, 11) is 1.55. The van der Waals surface area contributed by atoms with E-state index in [4.69, 9.17) is 25.5 Å². The van der Waals surface area contributed by atoms with Crippen molar-refractivity contribution in [1.82, 2.24) is 0 Å². The number of carbonyl (C=O) groups excluding carboxylic acids is 1. The van der Waals surface area contributed by atoms with Gasteiger partial charge in [0.1, 0.15) is 23.3 Å². The van der Waals surface area contributed by atoms with Crippen molar-refractivity contribution < 1.29 is 18.7 Å². The summed E-state index contributed by atoms with van der Waals surface area (Å²) in [5.41, 5.74) is 2.63. The molecule has 3 aromatic carbocycles. The Balaban J connectivity index is 1.52. The Bertz CT molecular complexity index is 1360. The second-order valence-corrected chi connectivity index (χ2v) is 7.49. The SMILES string of the molecule is COc1ccccc1-c1coc2cc(OCC(=O)Nc3cccc(Cl)c3C)ccc2c1=O. The quantitative estimate of drug-likeness (QED) is 0.423. The molecule has 0 atom stereocenters. The predicted molar refractivity (Wildman–Crippen MR) is 125 cm³/mol. The molecule has 162 valence electrons. The fourth-order valence-corrected chi connectivity index (χ4v) is 3.50. The van der Waals surface area contributed by atoms with Crippen molar-refractivity contribution in [3.8, 4) is 22.6 Å². The Morgan fingerprint density at radius 2 is 1.88 bits per heavy atom. The van der Waals surface area contributed by atoms with Crippen LogP contribution in [0.1, 0.15) is 5.56 Å². The molecule has 0 aliphatic heterocycles. The van der Waals surface area contributed by atoms with E-state index in [9.17, 15) is 9.59 Å². The van der Waals surface area contributed by atoms with E-state index >= 15 is 0 Å². The van der Waals surface area contributed by atoms with Crippen molar-refractivity contribution in [3.63, 3.8) is 0 Å². The standard InChI is InChI=1S/C25H20ClNO5/c1-15-20(26)7-5-8-21(15)27-24(28)14-31-16-10-11-18-23(12-16)32-13-19(25(18)29)17-6-3-4-9-22(17)30-2/h3-13H,14H2,1-2H3,(H,27,28). The van der Waals surface area contributed by atoms with Crippen molar-refractivity contribution in [3.05, 3.63) is 87.7 Å². The molecule has 0 spiro atoms. The summed E-state index contributed by atoms with van der Waals surface area (Å²) in [6.07, 6.45) is 1.40. The van der Waals surface area contributed by atoms with Crippen molar-refractivity contribution in [1.29, 1.82) is 0 Å². The van der Waals surface area contributed by atoms with Crippen LogP contribution in [0.3, 0.4) is 0 Å². The summed E-state index contributed by atoms with van der Waals surface area (Å²) < 4.78 is 16.6. The van der Waals surface area contributed by atoms with Gasteiger partial charge in [-0.05, 0) is 42.8 Å². The van der Waals surface area contributed by atoms with Crippen LogP contribution in [-0.2, 0) is 4.79 Å². The zero-order valence-corrected chi connectivity index (χ0v) is 18.2. The Morgan fingerprint density at radius 1 is 1.06 bits per heavy atom. The minimum absolute atomic E-state index is 0.184. The lowest BCUT2D eigenvalue weighted by Crippen LogP contribution is -2.20. The van der Waals surface area contributed by atoms with Gasteiger partial charge in [-0.15, -0.1) is 0 Å². The number of anilines is 1. The van der Waals surface area contributed by atoms with Gasteiger partial charge in [-0.1, -0.05) is 35.9 Å². The predicted octanol–water partition coefficient (Wildman–Crippen LogP) is 5.45. The molecular weight excluding hydrogens is 430 g/mol. The molecule has 0 saturated carbocycles. The van der Waals surface area contributed by atoms with E-state index < -0.39 is 0 Å². The molecule has 32 heavy (non-hydrogen) atoms. The number of rotatable bonds is 6. The number of methoxy groups -OCH3 is 1. The number of carbonyl (C=O) groups is 1. The number of halogens is 1. The van der Waals surface area contributed by atoms with Crippen LogP contribution in [0.2, 0.25) is 5.02 Å². The third-order valence-electron chi connectivity index (χ3n) is 5.05. The molecule has 0 unspecified atom stereocenters. The maximum Gasteiger partial charge on any atom is 0.262 e. The molecule has 1 aromatic heterocycles. The topological polar surface area (TPSA) is 77.8 Å². The van der Waals surface area contributed by atoms with Crippen LogP contribution < -0.4 is 20.2 Å². The van der Waals surface area contributed by atoms with Gasteiger partial charge in [0.25, 0.3) is 5.91 Å². The molecule has 7 heteroatoms. The van der Waals surface area contributed by atoms with Crippen LogP contribution in [0.5, 0.6) is 11.5 Å². The van der Waals surface area contributed by atoms with Crippen LogP contribution in [0.25, 0.3) is 22.1 Å². The molecule has 4 aromatic rings. The van der Waals surface area contributed by atoms with Gasteiger partial charge in [0.2, 0.25) is 5.43 Å². The molecule has 1 amide bonds. The molecule has 1 N–H and O–H groups in total. The van der Waals surface area contributed by atoms with Crippen LogP contribution >= 0.6 is 11.6 Å². The molecule has 0 aliphatic carbocycles. The first kappa shape index (κ1) is 21.5. The van der Waals surface area contributed by atoms with Gasteiger partial charge in [-0.25, -0.2) is 0 Å². The zero-order valence-electron chi connectivity index (χ0n) is 17.5. The average molecular weight is 450 g/mol. The zero-order chi connectivity index (χ0) is 22.7. The molecule has 0 bridgehead atoms. The highest BCUT2D eigenvalue weighted by molar-refractivity contribution is 6.31. The lowest BCUT2D eigenvalue weighted by Gasteiger charge is -2.11. The number of hydrogen-bond acceptors (Lipinski definition) is 5. The molecule has 0 radical (unpaired) electrons. The highest BCUT2D eigenvalue weighted by atomic mass is 35.5. The molecule has 0 aliphatic rings. The van der Waals surface area contributed by atoms with Crippen molar-refractivity contribution in [2.24, 2.45) is 0 Å². The Labute approximate surface area is 189 Å². The molecule has 0 fully saturated rings. The number of benzene rings is 3. The number of hydrogen-bond donors (Lipinski definition) is 1. The molecule has 4 rings (SSSR count). The summed E-state index contributed by atoms with van der Waals surface area (Å²) in [5, 5.41) is 3.74. The lowest BCUT2D eigenvalue weighted by molar-refractivity contribution is -0.118. The Morgan fingerprint density at radius 3 is 2.69 bits per heavy atom. The molecule has 1 heterocycles. The number of nitrogens with one attached hydrogen (secondary N) is 1. The van der Waals surface area contributed by atoms with E-state index in [1.54, 1.807) is 55.6 Å². The Hall–Kier alpha value is -3.77. The van der Waals surface area contributed by atoms with Gasteiger partial charge in [0.05, 0.1) is 18.1 Å². The van der Waals surface area contributed by atoms with Gasteiger partial charge in [-0.2, -0.15) is 0 Å². The van der Waals surface area contributed by atoms with Crippen LogP contribution in [0, 0.1) is 6.92 Å². The van der Waals surface area contributed by atoms with Crippen molar-refractivity contribution in [2.75, 3.05) is 19.0 Å². The number of fused-ring (bicyclic) bond motifs is 1. The van der Waals surface area contributed by atoms with Crippen molar-refractivity contribution >= 4 is 34.2 Å². The van der Waals surface area contributed by atoms with E-state index in [0.717, 1.165) is 5.56 Å². The third kappa shape index (κ3) is 4.31. The summed E-state index contributed by atoms with van der Waals surface area (Å²) >= 11 is 6.08.